The molecule has 3 nitrogen and oxygen atoms in total. The summed E-state index contributed by atoms with van der Waals surface area (Å²) in [5.41, 5.74) is 7.34. The second kappa shape index (κ2) is 3.64. The van der Waals surface area contributed by atoms with E-state index in [2.05, 4.69) is 4.98 Å². The predicted octanol–water partition coefficient (Wildman–Crippen LogP) is 1.70. The van der Waals surface area contributed by atoms with Gasteiger partial charge in [-0.15, -0.1) is 0 Å². The van der Waals surface area contributed by atoms with Crippen LogP contribution < -0.4 is 10.5 Å². The van der Waals surface area contributed by atoms with E-state index in [1.807, 2.05) is 30.3 Å². The van der Waals surface area contributed by atoms with Crippen LogP contribution in [-0.4, -0.2) is 12.1 Å². The van der Waals surface area contributed by atoms with Gasteiger partial charge in [0.25, 0.3) is 0 Å². The molecule has 2 aromatic rings. The Balaban J connectivity index is 2.60. The standard InChI is InChI=1S/C11H12N2O/c1-14-10-5-3-8-2-4-9(7-12)13-11(8)6-10/h2-6H,7,12H2,1H3. The third-order valence-electron chi connectivity index (χ3n) is 2.17. The highest BCUT2D eigenvalue weighted by molar-refractivity contribution is 5.80. The molecular formula is C11H12N2O. The van der Waals surface area contributed by atoms with Gasteiger partial charge >= 0.3 is 0 Å². The van der Waals surface area contributed by atoms with Crippen LogP contribution in [0.4, 0.5) is 0 Å². The number of nitrogens with zero attached hydrogens (tertiary/aromatic N) is 1. The van der Waals surface area contributed by atoms with Crippen LogP contribution in [-0.2, 0) is 6.54 Å². The molecule has 2 N–H and O–H groups in total. The van der Waals surface area contributed by atoms with E-state index in [9.17, 15) is 0 Å². The highest BCUT2D eigenvalue weighted by Gasteiger charge is 1.98. The first-order chi connectivity index (χ1) is 6.83. The van der Waals surface area contributed by atoms with Crippen molar-refractivity contribution in [3.05, 3.63) is 36.0 Å². The average Bonchev–Trinajstić information content (AvgIpc) is 2.27. The number of rotatable bonds is 2. The molecule has 0 fully saturated rings. The summed E-state index contributed by atoms with van der Waals surface area (Å²) in [6, 6.07) is 9.78. The van der Waals surface area contributed by atoms with Crippen LogP contribution in [0.3, 0.4) is 0 Å². The van der Waals surface area contributed by atoms with Gasteiger partial charge in [-0.1, -0.05) is 6.07 Å². The smallest absolute Gasteiger partial charge is 0.121 e. The van der Waals surface area contributed by atoms with E-state index in [0.717, 1.165) is 22.3 Å². The largest absolute Gasteiger partial charge is 0.497 e. The maximum atomic E-state index is 5.52. The lowest BCUT2D eigenvalue weighted by atomic mass is 10.2. The van der Waals surface area contributed by atoms with Gasteiger partial charge in [0, 0.05) is 18.0 Å². The molecule has 72 valence electrons. The molecule has 1 aromatic carbocycles. The Morgan fingerprint density at radius 2 is 2.07 bits per heavy atom. The molecule has 0 amide bonds. The van der Waals surface area contributed by atoms with Gasteiger partial charge < -0.3 is 10.5 Å². The summed E-state index contributed by atoms with van der Waals surface area (Å²) < 4.78 is 5.12. The number of fused-ring (bicyclic) bond motifs is 1. The minimum Gasteiger partial charge on any atom is -0.497 e. The summed E-state index contributed by atoms with van der Waals surface area (Å²) >= 11 is 0. The fourth-order valence-corrected chi connectivity index (χ4v) is 1.38. The first kappa shape index (κ1) is 8.97. The van der Waals surface area contributed by atoms with Crippen molar-refractivity contribution in [2.24, 2.45) is 5.73 Å². The van der Waals surface area contributed by atoms with E-state index in [1.165, 1.54) is 0 Å². The van der Waals surface area contributed by atoms with E-state index in [-0.39, 0.29) is 0 Å². The minimum absolute atomic E-state index is 0.465. The van der Waals surface area contributed by atoms with Gasteiger partial charge in [-0.3, -0.25) is 4.98 Å². The Bertz CT molecular complexity index is 415. The Hall–Kier alpha value is -1.61. The lowest BCUT2D eigenvalue weighted by molar-refractivity contribution is 0.415. The molecule has 3 heteroatoms. The van der Waals surface area contributed by atoms with Gasteiger partial charge in [0.05, 0.1) is 18.3 Å². The van der Waals surface area contributed by atoms with Crippen LogP contribution in [0.25, 0.3) is 10.9 Å². The van der Waals surface area contributed by atoms with Crippen LogP contribution in [0.1, 0.15) is 5.69 Å². The van der Waals surface area contributed by atoms with E-state index in [1.54, 1.807) is 7.11 Å². The normalized spacial score (nSPS) is 10.4. The second-order valence-electron chi connectivity index (χ2n) is 3.07. The highest BCUT2D eigenvalue weighted by atomic mass is 16.5. The summed E-state index contributed by atoms with van der Waals surface area (Å²) in [7, 11) is 1.65. The Morgan fingerprint density at radius 1 is 1.29 bits per heavy atom. The zero-order valence-electron chi connectivity index (χ0n) is 8.03. The fraction of sp³-hybridized carbons (Fsp3) is 0.182. The maximum Gasteiger partial charge on any atom is 0.121 e. The predicted molar refractivity (Wildman–Crippen MR) is 56.2 cm³/mol. The number of benzene rings is 1. The number of ether oxygens (including phenoxy) is 1. The summed E-state index contributed by atoms with van der Waals surface area (Å²) in [5.74, 6) is 0.819. The van der Waals surface area contributed by atoms with Crippen molar-refractivity contribution in [2.75, 3.05) is 7.11 Å². The first-order valence-electron chi connectivity index (χ1n) is 4.47. The maximum absolute atomic E-state index is 5.52. The van der Waals surface area contributed by atoms with Crippen molar-refractivity contribution in [2.45, 2.75) is 6.54 Å². The van der Waals surface area contributed by atoms with Crippen molar-refractivity contribution >= 4 is 10.9 Å². The van der Waals surface area contributed by atoms with Crippen LogP contribution in [0.2, 0.25) is 0 Å². The molecule has 2 rings (SSSR count). The molecule has 0 saturated carbocycles. The van der Waals surface area contributed by atoms with E-state index < -0.39 is 0 Å². The SMILES string of the molecule is COc1ccc2ccc(CN)nc2c1. The molecule has 1 aromatic heterocycles. The molecule has 0 aliphatic heterocycles. The van der Waals surface area contributed by atoms with Crippen LogP contribution >= 0.6 is 0 Å². The van der Waals surface area contributed by atoms with E-state index >= 15 is 0 Å². The van der Waals surface area contributed by atoms with Gasteiger partial charge in [-0.2, -0.15) is 0 Å². The van der Waals surface area contributed by atoms with Crippen LogP contribution in [0.5, 0.6) is 5.75 Å². The Kier molecular flexibility index (Phi) is 2.33. The molecule has 0 unspecified atom stereocenters. The summed E-state index contributed by atoms with van der Waals surface area (Å²) in [6.45, 7) is 0.465. The van der Waals surface area contributed by atoms with E-state index in [4.69, 9.17) is 10.5 Å². The monoisotopic (exact) mass is 188 g/mol. The van der Waals surface area contributed by atoms with Crippen molar-refractivity contribution in [1.82, 2.24) is 4.98 Å². The number of methoxy groups -OCH3 is 1. The fourth-order valence-electron chi connectivity index (χ4n) is 1.38. The van der Waals surface area contributed by atoms with Gasteiger partial charge in [0.15, 0.2) is 0 Å². The number of aromatic nitrogens is 1. The van der Waals surface area contributed by atoms with Crippen LogP contribution in [0.15, 0.2) is 30.3 Å². The third-order valence-corrected chi connectivity index (χ3v) is 2.17. The highest BCUT2D eigenvalue weighted by Crippen LogP contribution is 2.19. The number of pyridine rings is 1. The number of nitrogens with two attached hydrogens (primary N) is 1. The number of hydrogen-bond acceptors (Lipinski definition) is 3. The molecule has 1 heterocycles. The molecule has 0 atom stereocenters. The van der Waals surface area contributed by atoms with Crippen molar-refractivity contribution in [3.63, 3.8) is 0 Å². The minimum atomic E-state index is 0.465. The van der Waals surface area contributed by atoms with E-state index in [0.29, 0.717) is 6.54 Å². The molecule has 0 saturated heterocycles. The van der Waals surface area contributed by atoms with Crippen LogP contribution in [0, 0.1) is 0 Å². The Labute approximate surface area is 82.5 Å². The second-order valence-corrected chi connectivity index (χ2v) is 3.07. The number of hydrogen-bond donors (Lipinski definition) is 1. The zero-order valence-corrected chi connectivity index (χ0v) is 8.03. The lowest BCUT2D eigenvalue weighted by Gasteiger charge is -2.03. The van der Waals surface area contributed by atoms with Gasteiger partial charge in [0.2, 0.25) is 0 Å². The zero-order chi connectivity index (χ0) is 9.97. The summed E-state index contributed by atoms with van der Waals surface area (Å²) in [4.78, 5) is 4.40. The molecule has 0 bridgehead atoms. The van der Waals surface area contributed by atoms with Crippen molar-refractivity contribution in [3.8, 4) is 5.75 Å². The van der Waals surface area contributed by atoms with Crippen molar-refractivity contribution in [1.29, 1.82) is 0 Å². The molecule has 0 radical (unpaired) electrons. The first-order valence-corrected chi connectivity index (χ1v) is 4.47. The summed E-state index contributed by atoms with van der Waals surface area (Å²) in [5, 5.41) is 1.10. The lowest BCUT2D eigenvalue weighted by Crippen LogP contribution is -1.99. The molecule has 0 aliphatic rings. The summed E-state index contributed by atoms with van der Waals surface area (Å²) in [6.07, 6.45) is 0. The van der Waals surface area contributed by atoms with Gasteiger partial charge in [-0.05, 0) is 18.2 Å². The van der Waals surface area contributed by atoms with Gasteiger partial charge in [-0.25, -0.2) is 0 Å². The molecule has 14 heavy (non-hydrogen) atoms. The third kappa shape index (κ3) is 1.54. The average molecular weight is 188 g/mol. The Morgan fingerprint density at radius 3 is 2.79 bits per heavy atom. The van der Waals surface area contributed by atoms with Crippen molar-refractivity contribution < 1.29 is 4.74 Å². The quantitative estimate of drug-likeness (QED) is 0.780. The molecule has 0 spiro atoms. The molecule has 0 aliphatic carbocycles. The molecular weight excluding hydrogens is 176 g/mol. The topological polar surface area (TPSA) is 48.1 Å². The van der Waals surface area contributed by atoms with Gasteiger partial charge in [0.1, 0.15) is 5.75 Å².